The molecule has 1 unspecified atom stereocenters. The van der Waals surface area contributed by atoms with Gasteiger partial charge in [0.05, 0.1) is 32.0 Å². The predicted octanol–water partition coefficient (Wildman–Crippen LogP) is 3.59. The molecular formula is C17H26O3. The van der Waals surface area contributed by atoms with Crippen LogP contribution in [0.3, 0.4) is 0 Å². The molecule has 112 valence electrons. The van der Waals surface area contributed by atoms with Crippen LogP contribution in [0.4, 0.5) is 0 Å². The normalized spacial score (nSPS) is 13.9. The molecule has 0 saturated heterocycles. The Hall–Kier alpha value is -1.16. The minimum absolute atomic E-state index is 0.0409. The van der Waals surface area contributed by atoms with Crippen molar-refractivity contribution in [2.45, 2.75) is 39.1 Å². The van der Waals surface area contributed by atoms with Crippen LogP contribution in [0.15, 0.2) is 43.0 Å². The highest BCUT2D eigenvalue weighted by Crippen LogP contribution is 2.06. The zero-order chi connectivity index (χ0) is 14.6. The maximum Gasteiger partial charge on any atom is 0.0844 e. The fraction of sp³-hybridized carbons (Fsp3) is 0.529. The third-order valence-electron chi connectivity index (χ3n) is 2.86. The average Bonchev–Trinajstić information content (AvgIpc) is 2.46. The Morgan fingerprint density at radius 3 is 2.55 bits per heavy atom. The predicted molar refractivity (Wildman–Crippen MR) is 81.7 cm³/mol. The molecule has 3 nitrogen and oxygen atoms in total. The van der Waals surface area contributed by atoms with Gasteiger partial charge in [-0.05, 0) is 25.8 Å². The van der Waals surface area contributed by atoms with E-state index in [1.54, 1.807) is 0 Å². The maximum absolute atomic E-state index is 5.81. The van der Waals surface area contributed by atoms with Crippen molar-refractivity contribution < 1.29 is 14.2 Å². The lowest BCUT2D eigenvalue weighted by Crippen LogP contribution is -2.25. The lowest BCUT2D eigenvalue weighted by Gasteiger charge is -2.19. The Balaban J connectivity index is 2.26. The molecule has 1 aromatic carbocycles. The zero-order valence-corrected chi connectivity index (χ0v) is 12.6. The van der Waals surface area contributed by atoms with Crippen LogP contribution in [0.1, 0.15) is 25.8 Å². The monoisotopic (exact) mass is 278 g/mol. The first kappa shape index (κ1) is 16.9. The van der Waals surface area contributed by atoms with Crippen molar-refractivity contribution in [3.63, 3.8) is 0 Å². The molecule has 0 heterocycles. The molecule has 0 aliphatic heterocycles. The first-order valence-electron chi connectivity index (χ1n) is 7.22. The molecule has 0 radical (unpaired) electrons. The summed E-state index contributed by atoms with van der Waals surface area (Å²) in [4.78, 5) is 0. The van der Waals surface area contributed by atoms with Gasteiger partial charge in [-0.3, -0.25) is 0 Å². The van der Waals surface area contributed by atoms with Crippen LogP contribution < -0.4 is 0 Å². The highest BCUT2D eigenvalue weighted by Gasteiger charge is 2.10. The molecule has 2 atom stereocenters. The van der Waals surface area contributed by atoms with Gasteiger partial charge in [-0.25, -0.2) is 0 Å². The van der Waals surface area contributed by atoms with E-state index < -0.39 is 0 Å². The third-order valence-corrected chi connectivity index (χ3v) is 2.86. The van der Waals surface area contributed by atoms with E-state index in [0.717, 1.165) is 6.42 Å². The summed E-state index contributed by atoms with van der Waals surface area (Å²) in [6.45, 7) is 10.2. The summed E-state index contributed by atoms with van der Waals surface area (Å²) in [5.41, 5.74) is 1.17. The molecular weight excluding hydrogens is 252 g/mol. The van der Waals surface area contributed by atoms with Crippen LogP contribution in [0.25, 0.3) is 0 Å². The Morgan fingerprint density at radius 1 is 1.15 bits per heavy atom. The summed E-state index contributed by atoms with van der Waals surface area (Å²) in [5, 5.41) is 0. The summed E-state index contributed by atoms with van der Waals surface area (Å²) in [6.07, 6.45) is 2.80. The molecule has 0 aliphatic carbocycles. The first-order chi connectivity index (χ1) is 9.76. The quantitative estimate of drug-likeness (QED) is 0.579. The van der Waals surface area contributed by atoms with E-state index >= 15 is 0 Å². The summed E-state index contributed by atoms with van der Waals surface area (Å²) >= 11 is 0. The fourth-order valence-corrected chi connectivity index (χ4v) is 1.86. The Labute approximate surface area is 122 Å². The number of hydrogen-bond acceptors (Lipinski definition) is 3. The Morgan fingerprint density at radius 2 is 1.90 bits per heavy atom. The van der Waals surface area contributed by atoms with E-state index in [1.165, 1.54) is 5.56 Å². The highest BCUT2D eigenvalue weighted by molar-refractivity contribution is 5.13. The highest BCUT2D eigenvalue weighted by atomic mass is 16.6. The van der Waals surface area contributed by atoms with Crippen molar-refractivity contribution in [3.8, 4) is 0 Å². The molecule has 0 bridgehead atoms. The number of rotatable bonds is 11. The third kappa shape index (κ3) is 7.43. The van der Waals surface area contributed by atoms with Crippen LogP contribution in [-0.4, -0.2) is 32.0 Å². The largest absolute Gasteiger partial charge is 0.376 e. The van der Waals surface area contributed by atoms with E-state index in [-0.39, 0.29) is 12.2 Å². The summed E-state index contributed by atoms with van der Waals surface area (Å²) in [6, 6.07) is 10.1. The number of hydrogen-bond donors (Lipinski definition) is 0. The van der Waals surface area contributed by atoms with Crippen LogP contribution in [0.5, 0.6) is 0 Å². The second kappa shape index (κ2) is 10.6. The van der Waals surface area contributed by atoms with Gasteiger partial charge in [-0.2, -0.15) is 0 Å². The van der Waals surface area contributed by atoms with Crippen molar-refractivity contribution in [1.82, 2.24) is 0 Å². The van der Waals surface area contributed by atoms with Gasteiger partial charge in [0.2, 0.25) is 0 Å². The van der Waals surface area contributed by atoms with Gasteiger partial charge in [0.1, 0.15) is 0 Å². The van der Waals surface area contributed by atoms with Crippen molar-refractivity contribution in [2.75, 3.05) is 19.8 Å². The number of benzene rings is 1. The molecule has 20 heavy (non-hydrogen) atoms. The Kier molecular flexibility index (Phi) is 8.96. The first-order valence-corrected chi connectivity index (χ1v) is 7.22. The van der Waals surface area contributed by atoms with Crippen molar-refractivity contribution in [1.29, 1.82) is 0 Å². The van der Waals surface area contributed by atoms with E-state index in [9.17, 15) is 0 Å². The minimum Gasteiger partial charge on any atom is -0.376 e. The SMILES string of the molecule is C=CC[C@H](COCc1ccccc1)OCC(C)OCC. The van der Waals surface area contributed by atoms with E-state index in [4.69, 9.17) is 14.2 Å². The molecule has 0 amide bonds. The number of ether oxygens (including phenoxy) is 3. The minimum atomic E-state index is 0.0409. The zero-order valence-electron chi connectivity index (χ0n) is 12.6. The topological polar surface area (TPSA) is 27.7 Å². The summed E-state index contributed by atoms with van der Waals surface area (Å²) in [5.74, 6) is 0. The lowest BCUT2D eigenvalue weighted by molar-refractivity contribution is -0.0627. The van der Waals surface area contributed by atoms with Crippen LogP contribution in [0.2, 0.25) is 0 Å². The fourth-order valence-electron chi connectivity index (χ4n) is 1.86. The molecule has 0 aromatic heterocycles. The molecule has 3 heteroatoms. The lowest BCUT2D eigenvalue weighted by atomic mass is 10.2. The van der Waals surface area contributed by atoms with Crippen LogP contribution >= 0.6 is 0 Å². The van der Waals surface area contributed by atoms with Crippen LogP contribution in [0, 0.1) is 0 Å². The summed E-state index contributed by atoms with van der Waals surface area (Å²) < 4.78 is 17.0. The molecule has 1 aromatic rings. The van der Waals surface area contributed by atoms with Gasteiger partial charge in [0.15, 0.2) is 0 Å². The molecule has 0 spiro atoms. The maximum atomic E-state index is 5.81. The van der Waals surface area contributed by atoms with Gasteiger partial charge in [0.25, 0.3) is 0 Å². The van der Waals surface area contributed by atoms with Crippen molar-refractivity contribution >= 4 is 0 Å². The van der Waals surface area contributed by atoms with Gasteiger partial charge in [-0.1, -0.05) is 36.4 Å². The van der Waals surface area contributed by atoms with Gasteiger partial charge >= 0.3 is 0 Å². The van der Waals surface area contributed by atoms with E-state index in [0.29, 0.717) is 26.4 Å². The van der Waals surface area contributed by atoms with Crippen molar-refractivity contribution in [3.05, 3.63) is 48.6 Å². The standard InChI is InChI=1S/C17H26O3/c1-4-9-17(20-12-15(3)19-5-2)14-18-13-16-10-7-6-8-11-16/h4,6-8,10-11,15,17H,1,5,9,12-14H2,2-3H3/t15?,17-/m1/s1. The van der Waals surface area contributed by atoms with Crippen LogP contribution in [-0.2, 0) is 20.8 Å². The molecule has 0 saturated carbocycles. The van der Waals surface area contributed by atoms with E-state index in [2.05, 4.69) is 18.7 Å². The Bertz CT molecular complexity index is 351. The second-order valence-corrected chi connectivity index (χ2v) is 4.75. The average molecular weight is 278 g/mol. The van der Waals surface area contributed by atoms with E-state index in [1.807, 2.05) is 38.1 Å². The van der Waals surface area contributed by atoms with Gasteiger partial charge < -0.3 is 14.2 Å². The summed E-state index contributed by atoms with van der Waals surface area (Å²) in [7, 11) is 0. The second-order valence-electron chi connectivity index (χ2n) is 4.75. The van der Waals surface area contributed by atoms with Crippen molar-refractivity contribution in [2.24, 2.45) is 0 Å². The molecule has 0 N–H and O–H groups in total. The molecule has 0 fully saturated rings. The molecule has 1 rings (SSSR count). The smallest absolute Gasteiger partial charge is 0.0844 e. The van der Waals surface area contributed by atoms with Gasteiger partial charge in [0, 0.05) is 6.61 Å². The molecule has 0 aliphatic rings. The van der Waals surface area contributed by atoms with Gasteiger partial charge in [-0.15, -0.1) is 6.58 Å².